The van der Waals surface area contributed by atoms with E-state index in [0.29, 0.717) is 12.8 Å². The van der Waals surface area contributed by atoms with Crippen LogP contribution in [-0.4, -0.2) is 16.8 Å². The first kappa shape index (κ1) is 12.6. The van der Waals surface area contributed by atoms with Gasteiger partial charge in [0, 0.05) is 24.7 Å². The number of rotatable bonds is 6. The summed E-state index contributed by atoms with van der Waals surface area (Å²) in [4.78, 5) is 25.1. The fraction of sp³-hybridized carbons (Fsp3) is 0.583. The molecule has 1 atom stereocenters. The van der Waals surface area contributed by atoms with Crippen LogP contribution < -0.4 is 0 Å². The van der Waals surface area contributed by atoms with E-state index in [9.17, 15) is 9.70 Å². The van der Waals surface area contributed by atoms with Crippen LogP contribution in [0.25, 0.3) is 0 Å². The molecule has 0 saturated heterocycles. The van der Waals surface area contributed by atoms with Crippen molar-refractivity contribution in [1.82, 2.24) is 4.98 Å². The highest BCUT2D eigenvalue weighted by Crippen LogP contribution is 2.30. The highest BCUT2D eigenvalue weighted by atomic mass is 16.3. The first-order valence-electron chi connectivity index (χ1n) is 5.40. The number of hydrogen-bond acceptors (Lipinski definition) is 3. The third-order valence-corrected chi connectivity index (χ3v) is 2.81. The van der Waals surface area contributed by atoms with Crippen LogP contribution in [-0.2, 0) is 11.2 Å². The molecule has 0 aromatic carbocycles. The number of carbonyl (C=O) groups excluding carboxylic acids is 1. The van der Waals surface area contributed by atoms with Gasteiger partial charge in [-0.15, -0.1) is 0 Å². The van der Waals surface area contributed by atoms with Gasteiger partial charge in [0.1, 0.15) is 11.8 Å². The molecule has 0 fully saturated rings. The monoisotopic (exact) mass is 222 g/mol. The number of hydrogen-bond donors (Lipinski definition) is 1. The van der Waals surface area contributed by atoms with Crippen LogP contribution in [0.15, 0.2) is 23.5 Å². The second-order valence-electron chi connectivity index (χ2n) is 4.89. The molecule has 0 spiro atoms. The minimum atomic E-state index is -0.390. The Labute approximate surface area is 95.4 Å². The zero-order valence-corrected chi connectivity index (χ0v) is 9.99. The molecule has 88 valence electrons. The number of aromatic amines is 1. The maximum Gasteiger partial charge on any atom is 0.130 e. The summed E-state index contributed by atoms with van der Waals surface area (Å²) in [7, 11) is 0. The van der Waals surface area contributed by atoms with Crippen molar-refractivity contribution in [1.29, 1.82) is 0 Å². The van der Waals surface area contributed by atoms with Gasteiger partial charge in [0.15, 0.2) is 0 Å². The SMILES string of the molecule is CC(=O)CC(C)(C)C(Cc1ccc[nH]1)N=O. The van der Waals surface area contributed by atoms with E-state index in [4.69, 9.17) is 0 Å². The smallest absolute Gasteiger partial charge is 0.130 e. The zero-order chi connectivity index (χ0) is 12.2. The van der Waals surface area contributed by atoms with Gasteiger partial charge in [-0.05, 0) is 24.5 Å². The molecule has 1 heterocycles. The van der Waals surface area contributed by atoms with Crippen molar-refractivity contribution in [2.24, 2.45) is 10.6 Å². The van der Waals surface area contributed by atoms with E-state index in [1.54, 1.807) is 0 Å². The number of carbonyl (C=O) groups is 1. The first-order chi connectivity index (χ1) is 7.45. The lowest BCUT2D eigenvalue weighted by Crippen LogP contribution is -2.31. The molecule has 1 unspecified atom stereocenters. The predicted octanol–water partition coefficient (Wildman–Crippen LogP) is 2.70. The highest BCUT2D eigenvalue weighted by Gasteiger charge is 2.32. The molecule has 0 aliphatic rings. The normalized spacial score (nSPS) is 13.4. The molecular formula is C12H18N2O2. The van der Waals surface area contributed by atoms with Crippen LogP contribution in [0.3, 0.4) is 0 Å². The summed E-state index contributed by atoms with van der Waals surface area (Å²) < 4.78 is 0. The summed E-state index contributed by atoms with van der Waals surface area (Å²) in [6, 6.07) is 3.42. The Hall–Kier alpha value is -1.45. The quantitative estimate of drug-likeness (QED) is 0.752. The Kier molecular flexibility index (Phi) is 3.99. The highest BCUT2D eigenvalue weighted by molar-refractivity contribution is 5.76. The van der Waals surface area contributed by atoms with Gasteiger partial charge in [0.25, 0.3) is 0 Å². The molecule has 0 radical (unpaired) electrons. The minimum Gasteiger partial charge on any atom is -0.365 e. The fourth-order valence-electron chi connectivity index (χ4n) is 1.92. The molecule has 4 nitrogen and oxygen atoms in total. The van der Waals surface area contributed by atoms with Crippen molar-refractivity contribution in [3.8, 4) is 0 Å². The summed E-state index contributed by atoms with van der Waals surface area (Å²) in [5.41, 5.74) is 0.583. The lowest BCUT2D eigenvalue weighted by atomic mass is 9.78. The van der Waals surface area contributed by atoms with Crippen molar-refractivity contribution < 1.29 is 4.79 Å². The fourth-order valence-corrected chi connectivity index (χ4v) is 1.92. The maximum absolute atomic E-state index is 11.1. The molecule has 1 rings (SSSR count). The van der Waals surface area contributed by atoms with Gasteiger partial charge in [-0.1, -0.05) is 19.0 Å². The third-order valence-electron chi connectivity index (χ3n) is 2.81. The van der Waals surface area contributed by atoms with E-state index >= 15 is 0 Å². The van der Waals surface area contributed by atoms with Crippen LogP contribution in [0.5, 0.6) is 0 Å². The molecule has 0 aliphatic carbocycles. The van der Waals surface area contributed by atoms with Crippen LogP contribution in [0.2, 0.25) is 0 Å². The Morgan fingerprint density at radius 1 is 1.56 bits per heavy atom. The minimum absolute atomic E-state index is 0.0881. The number of aromatic nitrogens is 1. The number of ketones is 1. The van der Waals surface area contributed by atoms with Crippen LogP contribution in [0.4, 0.5) is 0 Å². The molecule has 0 bridgehead atoms. The molecule has 1 N–H and O–H groups in total. The molecule has 1 aromatic heterocycles. The second kappa shape index (κ2) is 5.05. The molecule has 0 saturated carbocycles. The van der Waals surface area contributed by atoms with E-state index in [0.717, 1.165) is 5.69 Å². The number of Topliss-reactive ketones (excluding diaryl/α,β-unsaturated/α-hetero) is 1. The van der Waals surface area contributed by atoms with Crippen LogP contribution >= 0.6 is 0 Å². The van der Waals surface area contributed by atoms with E-state index in [2.05, 4.69) is 10.2 Å². The first-order valence-corrected chi connectivity index (χ1v) is 5.40. The van der Waals surface area contributed by atoms with Crippen molar-refractivity contribution in [3.63, 3.8) is 0 Å². The summed E-state index contributed by atoms with van der Waals surface area (Å²) in [5.74, 6) is 0.0881. The Morgan fingerprint density at radius 3 is 2.69 bits per heavy atom. The van der Waals surface area contributed by atoms with Crippen molar-refractivity contribution in [2.45, 2.75) is 39.7 Å². The second-order valence-corrected chi connectivity index (χ2v) is 4.89. The average molecular weight is 222 g/mol. The van der Waals surface area contributed by atoms with E-state index in [1.807, 2.05) is 32.2 Å². The number of nitrogens with zero attached hydrogens (tertiary/aromatic N) is 1. The number of nitrogens with one attached hydrogen (secondary N) is 1. The van der Waals surface area contributed by atoms with Crippen molar-refractivity contribution in [3.05, 3.63) is 28.9 Å². The maximum atomic E-state index is 11.1. The third kappa shape index (κ3) is 3.29. The molecule has 16 heavy (non-hydrogen) atoms. The Bertz CT molecular complexity index is 355. The van der Waals surface area contributed by atoms with Crippen LogP contribution in [0, 0.1) is 10.3 Å². The molecule has 1 aromatic rings. The van der Waals surface area contributed by atoms with Gasteiger partial charge in [-0.3, -0.25) is 0 Å². The number of H-pyrrole nitrogens is 1. The van der Waals surface area contributed by atoms with Gasteiger partial charge < -0.3 is 9.78 Å². The molecular weight excluding hydrogens is 204 g/mol. The van der Waals surface area contributed by atoms with Gasteiger partial charge in [-0.2, -0.15) is 4.91 Å². The standard InChI is InChI=1S/C12H18N2O2/c1-9(15)8-12(2,3)11(14-16)7-10-5-4-6-13-10/h4-6,11,13H,7-8H2,1-3H3. The molecule has 0 amide bonds. The summed E-state index contributed by atoms with van der Waals surface area (Å²) in [5, 5.41) is 3.17. The predicted molar refractivity (Wildman–Crippen MR) is 63.2 cm³/mol. The Morgan fingerprint density at radius 2 is 2.25 bits per heavy atom. The van der Waals surface area contributed by atoms with Crippen molar-refractivity contribution in [2.75, 3.05) is 0 Å². The lowest BCUT2D eigenvalue weighted by molar-refractivity contribution is -0.119. The lowest BCUT2D eigenvalue weighted by Gasteiger charge is -2.28. The summed E-state index contributed by atoms with van der Waals surface area (Å²) >= 11 is 0. The van der Waals surface area contributed by atoms with Crippen LogP contribution in [0.1, 0.15) is 32.9 Å². The summed E-state index contributed by atoms with van der Waals surface area (Å²) in [6.45, 7) is 5.35. The summed E-state index contributed by atoms with van der Waals surface area (Å²) in [6.07, 6.45) is 2.75. The molecule has 0 aliphatic heterocycles. The van der Waals surface area contributed by atoms with Gasteiger partial charge >= 0.3 is 0 Å². The Balaban J connectivity index is 2.73. The largest absolute Gasteiger partial charge is 0.365 e. The zero-order valence-electron chi connectivity index (χ0n) is 9.99. The van der Waals surface area contributed by atoms with E-state index in [1.165, 1.54) is 6.92 Å². The van der Waals surface area contributed by atoms with Gasteiger partial charge in [0.05, 0.1) is 0 Å². The van der Waals surface area contributed by atoms with Gasteiger partial charge in [-0.25, -0.2) is 0 Å². The topological polar surface area (TPSA) is 62.3 Å². The van der Waals surface area contributed by atoms with Gasteiger partial charge in [0.2, 0.25) is 0 Å². The van der Waals surface area contributed by atoms with Crippen molar-refractivity contribution >= 4 is 5.78 Å². The van der Waals surface area contributed by atoms with E-state index < -0.39 is 5.41 Å². The average Bonchev–Trinajstić information content (AvgIpc) is 2.63. The van der Waals surface area contributed by atoms with E-state index in [-0.39, 0.29) is 11.8 Å². The molecule has 4 heteroatoms. The number of nitroso groups, excluding NO2 is 1.